The minimum absolute atomic E-state index is 0.327. The zero-order chi connectivity index (χ0) is 14.6. The molecule has 1 fully saturated rings. The molecule has 0 unspecified atom stereocenters. The molecule has 0 amide bonds. The summed E-state index contributed by atoms with van der Waals surface area (Å²) in [6.45, 7) is 4.69. The molecule has 1 rings (SSSR count). The fraction of sp³-hybridized carbons (Fsp3) is 0.857. The van der Waals surface area contributed by atoms with Crippen LogP contribution in [0, 0.1) is 0 Å². The van der Waals surface area contributed by atoms with Crippen LogP contribution in [0.5, 0.6) is 0 Å². The molecule has 1 aliphatic heterocycles. The highest BCUT2D eigenvalue weighted by molar-refractivity contribution is 5.91. The number of unbranched alkanes of at least 4 members (excludes halogenated alkanes) is 4. The summed E-state index contributed by atoms with van der Waals surface area (Å²) < 4.78 is 10.1. The van der Waals surface area contributed by atoms with Gasteiger partial charge in [0.1, 0.15) is 6.42 Å². The third-order valence-electron chi connectivity index (χ3n) is 3.00. The van der Waals surface area contributed by atoms with Crippen LogP contribution in [0.1, 0.15) is 45.4 Å². The van der Waals surface area contributed by atoms with Crippen LogP contribution in [0.4, 0.5) is 0 Å². The summed E-state index contributed by atoms with van der Waals surface area (Å²) in [6.07, 6.45) is 5.13. The Balaban J connectivity index is 2.01. The first-order valence-corrected chi connectivity index (χ1v) is 7.41. The minimum Gasteiger partial charge on any atom is -0.465 e. The largest absolute Gasteiger partial charge is 0.465 e. The fourth-order valence-electron chi connectivity index (χ4n) is 1.87. The van der Waals surface area contributed by atoms with Crippen LogP contribution in [0.15, 0.2) is 0 Å². The van der Waals surface area contributed by atoms with E-state index in [-0.39, 0.29) is 6.42 Å². The SMILES string of the molecule is CCCCCCCOC(=O)CC(=O)ON1CCOCC1. The topological polar surface area (TPSA) is 65.1 Å². The van der Waals surface area contributed by atoms with Gasteiger partial charge in [-0.15, -0.1) is 5.06 Å². The van der Waals surface area contributed by atoms with E-state index in [4.69, 9.17) is 14.3 Å². The molecule has 0 radical (unpaired) electrons. The van der Waals surface area contributed by atoms with Gasteiger partial charge < -0.3 is 14.3 Å². The molecule has 116 valence electrons. The highest BCUT2D eigenvalue weighted by atomic mass is 16.7. The van der Waals surface area contributed by atoms with Gasteiger partial charge in [-0.25, -0.2) is 4.79 Å². The van der Waals surface area contributed by atoms with Crippen molar-refractivity contribution >= 4 is 11.9 Å². The smallest absolute Gasteiger partial charge is 0.336 e. The highest BCUT2D eigenvalue weighted by Gasteiger charge is 2.18. The van der Waals surface area contributed by atoms with Crippen molar-refractivity contribution in [3.63, 3.8) is 0 Å². The normalized spacial score (nSPS) is 15.8. The van der Waals surface area contributed by atoms with Crippen molar-refractivity contribution in [1.82, 2.24) is 5.06 Å². The van der Waals surface area contributed by atoms with Crippen LogP contribution in [0.3, 0.4) is 0 Å². The molecule has 0 saturated carbocycles. The summed E-state index contributed by atoms with van der Waals surface area (Å²) in [5.41, 5.74) is 0. The van der Waals surface area contributed by atoms with Crippen molar-refractivity contribution in [2.45, 2.75) is 45.4 Å². The maximum Gasteiger partial charge on any atom is 0.336 e. The number of esters is 1. The van der Waals surface area contributed by atoms with Gasteiger partial charge in [0, 0.05) is 0 Å². The van der Waals surface area contributed by atoms with E-state index in [2.05, 4.69) is 6.92 Å². The molecule has 1 saturated heterocycles. The zero-order valence-corrected chi connectivity index (χ0v) is 12.3. The Bertz CT molecular complexity index is 289. The second-order valence-electron chi connectivity index (χ2n) is 4.82. The summed E-state index contributed by atoms with van der Waals surface area (Å²) in [5.74, 6) is -1.08. The number of carbonyl (C=O) groups excluding carboxylic acids is 2. The molecule has 0 atom stereocenters. The van der Waals surface area contributed by atoms with Gasteiger partial charge in [-0.1, -0.05) is 32.6 Å². The van der Waals surface area contributed by atoms with Crippen molar-refractivity contribution in [1.29, 1.82) is 0 Å². The number of ether oxygens (including phenoxy) is 2. The van der Waals surface area contributed by atoms with Gasteiger partial charge >= 0.3 is 11.9 Å². The van der Waals surface area contributed by atoms with Crippen molar-refractivity contribution in [3.05, 3.63) is 0 Å². The Morgan fingerprint density at radius 1 is 1.05 bits per heavy atom. The second kappa shape index (κ2) is 10.6. The third-order valence-corrected chi connectivity index (χ3v) is 3.00. The van der Waals surface area contributed by atoms with E-state index in [9.17, 15) is 9.59 Å². The van der Waals surface area contributed by atoms with E-state index in [1.165, 1.54) is 17.9 Å². The number of hydrogen-bond acceptors (Lipinski definition) is 6. The van der Waals surface area contributed by atoms with E-state index in [1.54, 1.807) is 0 Å². The van der Waals surface area contributed by atoms with Crippen LogP contribution in [-0.2, 0) is 23.9 Å². The van der Waals surface area contributed by atoms with E-state index >= 15 is 0 Å². The molecule has 0 aromatic carbocycles. The second-order valence-corrected chi connectivity index (χ2v) is 4.82. The van der Waals surface area contributed by atoms with Gasteiger partial charge in [-0.05, 0) is 6.42 Å². The molecule has 0 aliphatic carbocycles. The molecule has 1 heterocycles. The number of rotatable bonds is 9. The molecule has 0 spiro atoms. The Labute approximate surface area is 120 Å². The molecule has 0 N–H and O–H groups in total. The molecule has 1 aliphatic rings. The van der Waals surface area contributed by atoms with E-state index in [0.29, 0.717) is 32.9 Å². The summed E-state index contributed by atoms with van der Waals surface area (Å²) in [5, 5.41) is 1.52. The predicted molar refractivity (Wildman–Crippen MR) is 72.8 cm³/mol. The van der Waals surface area contributed by atoms with E-state index in [1.807, 2.05) is 0 Å². The molecule has 0 bridgehead atoms. The number of hydrogen-bond donors (Lipinski definition) is 0. The Hall–Kier alpha value is -1.14. The number of hydroxylamine groups is 2. The predicted octanol–water partition coefficient (Wildman–Crippen LogP) is 1.68. The van der Waals surface area contributed by atoms with Crippen molar-refractivity contribution in [3.8, 4) is 0 Å². The lowest BCUT2D eigenvalue weighted by Crippen LogP contribution is -2.38. The first-order valence-electron chi connectivity index (χ1n) is 7.41. The average Bonchev–Trinajstić information content (AvgIpc) is 2.43. The summed E-state index contributed by atoms with van der Waals surface area (Å²) in [6, 6.07) is 0. The zero-order valence-electron chi connectivity index (χ0n) is 12.3. The molecule has 6 nitrogen and oxygen atoms in total. The average molecular weight is 287 g/mol. The molecule has 6 heteroatoms. The summed E-state index contributed by atoms with van der Waals surface area (Å²) in [4.78, 5) is 27.9. The van der Waals surface area contributed by atoms with Gasteiger partial charge in [0.2, 0.25) is 0 Å². The van der Waals surface area contributed by atoms with E-state index < -0.39 is 11.9 Å². The van der Waals surface area contributed by atoms with Crippen LogP contribution < -0.4 is 0 Å². The lowest BCUT2D eigenvalue weighted by Gasteiger charge is -2.24. The lowest BCUT2D eigenvalue weighted by atomic mass is 10.2. The first-order chi connectivity index (χ1) is 9.72. The molecular weight excluding hydrogens is 262 g/mol. The van der Waals surface area contributed by atoms with Crippen LogP contribution in [-0.4, -0.2) is 49.9 Å². The van der Waals surface area contributed by atoms with Gasteiger partial charge in [-0.3, -0.25) is 4.79 Å². The van der Waals surface area contributed by atoms with Gasteiger partial charge in [0.15, 0.2) is 0 Å². The van der Waals surface area contributed by atoms with Gasteiger partial charge in [-0.2, -0.15) is 0 Å². The quantitative estimate of drug-likeness (QED) is 0.365. The Kier molecular flexibility index (Phi) is 8.98. The molecular formula is C14H25NO5. The highest BCUT2D eigenvalue weighted by Crippen LogP contribution is 2.04. The van der Waals surface area contributed by atoms with Crippen molar-refractivity contribution < 1.29 is 23.9 Å². The Morgan fingerprint density at radius 3 is 2.45 bits per heavy atom. The summed E-state index contributed by atoms with van der Waals surface area (Å²) in [7, 11) is 0. The maximum atomic E-state index is 11.5. The van der Waals surface area contributed by atoms with Gasteiger partial charge in [0.05, 0.1) is 32.9 Å². The van der Waals surface area contributed by atoms with Crippen LogP contribution in [0.2, 0.25) is 0 Å². The first kappa shape index (κ1) is 16.9. The molecule has 20 heavy (non-hydrogen) atoms. The van der Waals surface area contributed by atoms with E-state index in [0.717, 1.165) is 19.3 Å². The van der Waals surface area contributed by atoms with Crippen molar-refractivity contribution in [2.75, 3.05) is 32.9 Å². The van der Waals surface area contributed by atoms with Crippen LogP contribution in [0.25, 0.3) is 0 Å². The van der Waals surface area contributed by atoms with Gasteiger partial charge in [0.25, 0.3) is 0 Å². The summed E-state index contributed by atoms with van der Waals surface area (Å²) >= 11 is 0. The third kappa shape index (κ3) is 8.12. The van der Waals surface area contributed by atoms with Crippen LogP contribution >= 0.6 is 0 Å². The monoisotopic (exact) mass is 287 g/mol. The fourth-order valence-corrected chi connectivity index (χ4v) is 1.87. The standard InChI is InChI=1S/C14H25NO5/c1-2-3-4-5-6-9-19-13(16)12-14(17)20-15-7-10-18-11-8-15/h2-12H2,1H3. The maximum absolute atomic E-state index is 11.5. The molecule has 0 aromatic heterocycles. The van der Waals surface area contributed by atoms with Crippen molar-refractivity contribution in [2.24, 2.45) is 0 Å². The lowest BCUT2D eigenvalue weighted by molar-refractivity contribution is -0.206. The minimum atomic E-state index is -0.567. The number of nitrogens with zero attached hydrogens (tertiary/aromatic N) is 1. The number of morpholine rings is 1. The number of carbonyl (C=O) groups is 2. The molecule has 0 aromatic rings. The Morgan fingerprint density at radius 2 is 1.75 bits per heavy atom.